The van der Waals surface area contributed by atoms with Gasteiger partial charge in [-0.3, -0.25) is 4.79 Å². The molecular weight excluding hydrogens is 292 g/mol. The van der Waals surface area contributed by atoms with Gasteiger partial charge in [0.05, 0.1) is 37.0 Å². The third-order valence-electron chi connectivity index (χ3n) is 4.75. The molecule has 1 amide bonds. The largest absolute Gasteiger partial charge is 0.376 e. The van der Waals surface area contributed by atoms with Crippen LogP contribution in [-0.4, -0.2) is 43.4 Å². The van der Waals surface area contributed by atoms with E-state index in [9.17, 15) is 4.79 Å². The number of ether oxygens (including phenoxy) is 2. The number of hydrogen-bond donors (Lipinski definition) is 2. The predicted molar refractivity (Wildman–Crippen MR) is 87.8 cm³/mol. The standard InChI is InChI=1S/C18H22N2O3/c21-18(19-10-12-11-22-8-9-23-12)15-6-3-5-14-13-4-1-2-7-16(13)20-17(14)15/h3,5-6,12,20H,1-2,4,7-11H2,(H,19,21)/t12-/m0/s1. The first-order valence-corrected chi connectivity index (χ1v) is 8.43. The first kappa shape index (κ1) is 14.7. The number of rotatable bonds is 3. The highest BCUT2D eigenvalue weighted by Crippen LogP contribution is 2.30. The lowest BCUT2D eigenvalue weighted by molar-refractivity contribution is -0.0855. The Morgan fingerprint density at radius 2 is 2.17 bits per heavy atom. The van der Waals surface area contributed by atoms with Gasteiger partial charge in [0.15, 0.2) is 0 Å². The Bertz CT molecular complexity index is 716. The van der Waals surface area contributed by atoms with Gasteiger partial charge in [0.2, 0.25) is 0 Å². The number of aromatic nitrogens is 1. The Hall–Kier alpha value is -1.85. The van der Waals surface area contributed by atoms with Crippen LogP contribution in [0.3, 0.4) is 0 Å². The highest BCUT2D eigenvalue weighted by Gasteiger charge is 2.20. The van der Waals surface area contributed by atoms with E-state index < -0.39 is 0 Å². The van der Waals surface area contributed by atoms with Gasteiger partial charge in [0, 0.05) is 17.6 Å². The zero-order valence-corrected chi connectivity index (χ0v) is 13.2. The van der Waals surface area contributed by atoms with Crippen molar-refractivity contribution in [2.45, 2.75) is 31.8 Å². The number of para-hydroxylation sites is 1. The average Bonchev–Trinajstić information content (AvgIpc) is 2.99. The highest BCUT2D eigenvalue weighted by atomic mass is 16.6. The van der Waals surface area contributed by atoms with Crippen LogP contribution in [0.2, 0.25) is 0 Å². The molecule has 1 fully saturated rings. The normalized spacial score (nSPS) is 21.1. The molecule has 2 aliphatic rings. The topological polar surface area (TPSA) is 63.4 Å². The van der Waals surface area contributed by atoms with Gasteiger partial charge in [0.1, 0.15) is 0 Å². The van der Waals surface area contributed by atoms with Crippen molar-refractivity contribution in [2.24, 2.45) is 0 Å². The molecule has 1 aromatic carbocycles. The molecule has 5 nitrogen and oxygen atoms in total. The highest BCUT2D eigenvalue weighted by molar-refractivity contribution is 6.06. The minimum Gasteiger partial charge on any atom is -0.376 e. The Balaban J connectivity index is 1.55. The number of hydrogen-bond acceptors (Lipinski definition) is 3. The fourth-order valence-corrected chi connectivity index (χ4v) is 3.58. The van der Waals surface area contributed by atoms with E-state index in [-0.39, 0.29) is 12.0 Å². The molecule has 0 unspecified atom stereocenters. The molecule has 0 saturated carbocycles. The molecule has 1 aliphatic carbocycles. The van der Waals surface area contributed by atoms with Crippen LogP contribution < -0.4 is 5.32 Å². The molecule has 0 spiro atoms. The second-order valence-electron chi connectivity index (χ2n) is 6.30. The molecule has 4 rings (SSSR count). The maximum atomic E-state index is 12.6. The van der Waals surface area contributed by atoms with Crippen molar-refractivity contribution in [1.82, 2.24) is 10.3 Å². The number of benzene rings is 1. The molecule has 5 heteroatoms. The average molecular weight is 314 g/mol. The van der Waals surface area contributed by atoms with Crippen molar-refractivity contribution >= 4 is 16.8 Å². The van der Waals surface area contributed by atoms with Gasteiger partial charge in [-0.25, -0.2) is 0 Å². The van der Waals surface area contributed by atoms with Crippen LogP contribution in [0.15, 0.2) is 18.2 Å². The van der Waals surface area contributed by atoms with E-state index in [4.69, 9.17) is 9.47 Å². The lowest BCUT2D eigenvalue weighted by Crippen LogP contribution is -2.39. The number of fused-ring (bicyclic) bond motifs is 3. The molecule has 2 heterocycles. The fourth-order valence-electron chi connectivity index (χ4n) is 3.58. The molecule has 2 N–H and O–H groups in total. The molecule has 2 aromatic rings. The zero-order valence-electron chi connectivity index (χ0n) is 13.2. The van der Waals surface area contributed by atoms with Crippen LogP contribution in [0.1, 0.15) is 34.5 Å². The Labute approximate surface area is 135 Å². The summed E-state index contributed by atoms with van der Waals surface area (Å²) >= 11 is 0. The summed E-state index contributed by atoms with van der Waals surface area (Å²) in [6.07, 6.45) is 4.59. The number of carbonyl (C=O) groups excluding carboxylic acids is 1. The molecule has 1 atom stereocenters. The molecule has 0 bridgehead atoms. The third-order valence-corrected chi connectivity index (χ3v) is 4.75. The first-order chi connectivity index (χ1) is 11.3. The summed E-state index contributed by atoms with van der Waals surface area (Å²) in [5.41, 5.74) is 4.38. The van der Waals surface area contributed by atoms with Crippen molar-refractivity contribution < 1.29 is 14.3 Å². The van der Waals surface area contributed by atoms with Crippen molar-refractivity contribution in [3.8, 4) is 0 Å². The van der Waals surface area contributed by atoms with Crippen molar-refractivity contribution in [3.05, 3.63) is 35.0 Å². The predicted octanol–water partition coefficient (Wildman–Crippen LogP) is 2.19. The Morgan fingerprint density at radius 1 is 1.26 bits per heavy atom. The summed E-state index contributed by atoms with van der Waals surface area (Å²) in [5, 5.41) is 4.18. The maximum Gasteiger partial charge on any atom is 0.253 e. The second-order valence-corrected chi connectivity index (χ2v) is 6.30. The summed E-state index contributed by atoms with van der Waals surface area (Å²) < 4.78 is 10.9. The lowest BCUT2D eigenvalue weighted by Gasteiger charge is -2.23. The van der Waals surface area contributed by atoms with E-state index in [0.717, 1.165) is 18.4 Å². The smallest absolute Gasteiger partial charge is 0.253 e. The molecule has 0 radical (unpaired) electrons. The van der Waals surface area contributed by atoms with Gasteiger partial charge in [0.25, 0.3) is 5.91 Å². The maximum absolute atomic E-state index is 12.6. The zero-order chi connectivity index (χ0) is 15.6. The van der Waals surface area contributed by atoms with Gasteiger partial charge in [-0.15, -0.1) is 0 Å². The number of aryl methyl sites for hydroxylation is 2. The van der Waals surface area contributed by atoms with Crippen molar-refractivity contribution in [2.75, 3.05) is 26.4 Å². The van der Waals surface area contributed by atoms with E-state index in [1.165, 1.54) is 29.5 Å². The summed E-state index contributed by atoms with van der Waals surface area (Å²) in [4.78, 5) is 16.1. The van der Waals surface area contributed by atoms with Crippen molar-refractivity contribution in [3.63, 3.8) is 0 Å². The van der Waals surface area contributed by atoms with Crippen LogP contribution >= 0.6 is 0 Å². The molecule has 23 heavy (non-hydrogen) atoms. The van der Waals surface area contributed by atoms with E-state index in [0.29, 0.717) is 31.9 Å². The van der Waals surface area contributed by atoms with E-state index >= 15 is 0 Å². The molecule has 1 aliphatic heterocycles. The summed E-state index contributed by atoms with van der Waals surface area (Å²) in [6, 6.07) is 5.98. The number of nitrogens with one attached hydrogen (secondary N) is 2. The van der Waals surface area contributed by atoms with Gasteiger partial charge in [-0.1, -0.05) is 12.1 Å². The fraction of sp³-hybridized carbons (Fsp3) is 0.500. The van der Waals surface area contributed by atoms with Crippen LogP contribution in [0.5, 0.6) is 0 Å². The minimum absolute atomic E-state index is 0.0521. The number of carbonyl (C=O) groups is 1. The number of H-pyrrole nitrogens is 1. The van der Waals surface area contributed by atoms with Crippen molar-refractivity contribution in [1.29, 1.82) is 0 Å². The number of amides is 1. The lowest BCUT2D eigenvalue weighted by atomic mass is 9.95. The third kappa shape index (κ3) is 2.86. The van der Waals surface area contributed by atoms with Gasteiger partial charge >= 0.3 is 0 Å². The summed E-state index contributed by atoms with van der Waals surface area (Å²) in [5.74, 6) is -0.0524. The van der Waals surface area contributed by atoms with Crippen LogP contribution in [0, 0.1) is 0 Å². The van der Waals surface area contributed by atoms with Crippen LogP contribution in [-0.2, 0) is 22.3 Å². The second kappa shape index (κ2) is 6.34. The van der Waals surface area contributed by atoms with E-state index in [1.807, 2.05) is 12.1 Å². The van der Waals surface area contributed by atoms with Gasteiger partial charge in [-0.05, 0) is 37.3 Å². The molecule has 122 valence electrons. The van der Waals surface area contributed by atoms with E-state index in [2.05, 4.69) is 16.4 Å². The summed E-state index contributed by atoms with van der Waals surface area (Å²) in [6.45, 7) is 2.26. The first-order valence-electron chi connectivity index (χ1n) is 8.43. The monoisotopic (exact) mass is 314 g/mol. The van der Waals surface area contributed by atoms with Crippen LogP contribution in [0.25, 0.3) is 10.9 Å². The molecular formula is C18H22N2O3. The van der Waals surface area contributed by atoms with Gasteiger partial charge < -0.3 is 19.8 Å². The quantitative estimate of drug-likeness (QED) is 0.913. The SMILES string of the molecule is O=C(NC[C@H]1COCCO1)c1cccc2c3c([nH]c12)CCCC3. The number of aromatic amines is 1. The Morgan fingerprint density at radius 3 is 3.04 bits per heavy atom. The molecule has 1 aromatic heterocycles. The summed E-state index contributed by atoms with van der Waals surface area (Å²) in [7, 11) is 0. The molecule has 1 saturated heterocycles. The minimum atomic E-state index is -0.0524. The van der Waals surface area contributed by atoms with Crippen LogP contribution in [0.4, 0.5) is 0 Å². The Kier molecular flexibility index (Phi) is 4.06. The van der Waals surface area contributed by atoms with E-state index in [1.54, 1.807) is 0 Å². The van der Waals surface area contributed by atoms with Gasteiger partial charge in [-0.2, -0.15) is 0 Å².